The second-order valence-corrected chi connectivity index (χ2v) is 5.59. The van der Waals surface area contributed by atoms with E-state index < -0.39 is 23.8 Å². The van der Waals surface area contributed by atoms with Gasteiger partial charge in [0.15, 0.2) is 11.5 Å². The van der Waals surface area contributed by atoms with Crippen molar-refractivity contribution >= 4 is 28.5 Å². The molecule has 0 bridgehead atoms. The van der Waals surface area contributed by atoms with E-state index in [1.807, 2.05) is 0 Å². The van der Waals surface area contributed by atoms with Crippen LogP contribution in [0.4, 0.5) is 10.2 Å². The van der Waals surface area contributed by atoms with Gasteiger partial charge in [-0.3, -0.25) is 0 Å². The summed E-state index contributed by atoms with van der Waals surface area (Å²) in [5.41, 5.74) is 4.73. The minimum Gasteiger partial charge on any atom is -0.393 e. The van der Waals surface area contributed by atoms with Crippen LogP contribution in [0.1, 0.15) is 19.6 Å². The average molecular weight is 317 g/mol. The summed E-state index contributed by atoms with van der Waals surface area (Å²) in [6.45, 7) is 1.22. The zero-order valence-corrected chi connectivity index (χ0v) is 11.9. The number of nitrogen functional groups attached to an aromatic ring is 1. The van der Waals surface area contributed by atoms with Gasteiger partial charge < -0.3 is 25.3 Å². The standard InChI is InChI=1S/C12H14ClFN4O3/c1-12(4-19)6(20)2-7(21-12)18-3-5(14)8-9(15)16-11(13)17-10(8)18/h3,6-7,19-20H,2,4H2,1H3,(H2,15,16,17)/t6-,7+,12+/m0/s1. The van der Waals surface area contributed by atoms with E-state index in [0.29, 0.717) is 0 Å². The van der Waals surface area contributed by atoms with Crippen LogP contribution in [0.15, 0.2) is 6.20 Å². The van der Waals surface area contributed by atoms with Crippen LogP contribution in [0.5, 0.6) is 0 Å². The van der Waals surface area contributed by atoms with Crippen molar-refractivity contribution in [1.82, 2.24) is 14.5 Å². The molecule has 3 heterocycles. The van der Waals surface area contributed by atoms with Gasteiger partial charge in [-0.05, 0) is 18.5 Å². The predicted octanol–water partition coefficient (Wildman–Crippen LogP) is 0.837. The van der Waals surface area contributed by atoms with Gasteiger partial charge in [0.1, 0.15) is 17.6 Å². The third-order valence-electron chi connectivity index (χ3n) is 3.79. The van der Waals surface area contributed by atoms with Gasteiger partial charge in [0.25, 0.3) is 0 Å². The van der Waals surface area contributed by atoms with Crippen LogP contribution < -0.4 is 5.73 Å². The van der Waals surface area contributed by atoms with Crippen molar-refractivity contribution in [2.45, 2.75) is 31.3 Å². The van der Waals surface area contributed by atoms with Crippen molar-refractivity contribution in [3.05, 3.63) is 17.3 Å². The van der Waals surface area contributed by atoms with Gasteiger partial charge >= 0.3 is 0 Å². The Labute approximate surface area is 124 Å². The number of halogens is 2. The first-order valence-electron chi connectivity index (χ1n) is 6.31. The van der Waals surface area contributed by atoms with Crippen molar-refractivity contribution in [1.29, 1.82) is 0 Å². The first-order valence-corrected chi connectivity index (χ1v) is 6.69. The van der Waals surface area contributed by atoms with E-state index in [-0.39, 0.29) is 35.2 Å². The monoisotopic (exact) mass is 316 g/mol. The van der Waals surface area contributed by atoms with Crippen LogP contribution in [-0.4, -0.2) is 43.1 Å². The molecule has 114 valence electrons. The molecule has 0 unspecified atom stereocenters. The highest BCUT2D eigenvalue weighted by atomic mass is 35.5. The Morgan fingerprint density at radius 3 is 2.95 bits per heavy atom. The number of aliphatic hydroxyl groups excluding tert-OH is 2. The Balaban J connectivity index is 2.10. The van der Waals surface area contributed by atoms with Crippen LogP contribution in [0.25, 0.3) is 11.0 Å². The maximum absolute atomic E-state index is 14.0. The molecule has 4 N–H and O–H groups in total. The van der Waals surface area contributed by atoms with Crippen LogP contribution >= 0.6 is 11.6 Å². The quantitative estimate of drug-likeness (QED) is 0.709. The molecule has 1 aliphatic rings. The smallest absolute Gasteiger partial charge is 0.226 e. The van der Waals surface area contributed by atoms with Gasteiger partial charge in [0.05, 0.1) is 18.1 Å². The molecule has 2 aromatic rings. The topological polar surface area (TPSA) is 106 Å². The van der Waals surface area contributed by atoms with E-state index in [4.69, 9.17) is 22.1 Å². The van der Waals surface area contributed by atoms with Gasteiger partial charge in [-0.25, -0.2) is 9.37 Å². The summed E-state index contributed by atoms with van der Waals surface area (Å²) in [4.78, 5) is 7.68. The molecule has 21 heavy (non-hydrogen) atoms. The number of fused-ring (bicyclic) bond motifs is 1. The van der Waals surface area contributed by atoms with E-state index in [1.54, 1.807) is 6.92 Å². The number of nitrogens with zero attached hydrogens (tertiary/aromatic N) is 3. The molecule has 3 atom stereocenters. The van der Waals surface area contributed by atoms with Crippen LogP contribution in [0.3, 0.4) is 0 Å². The van der Waals surface area contributed by atoms with Gasteiger partial charge in [0.2, 0.25) is 5.28 Å². The van der Waals surface area contributed by atoms with Crippen LogP contribution in [-0.2, 0) is 4.74 Å². The zero-order valence-electron chi connectivity index (χ0n) is 11.1. The molecular weight excluding hydrogens is 303 g/mol. The summed E-state index contributed by atoms with van der Waals surface area (Å²) >= 11 is 5.76. The maximum atomic E-state index is 14.0. The number of aliphatic hydroxyl groups is 2. The van der Waals surface area contributed by atoms with Crippen molar-refractivity contribution in [2.75, 3.05) is 12.3 Å². The lowest BCUT2D eigenvalue weighted by Crippen LogP contribution is -2.39. The number of rotatable bonds is 2. The number of hydrogen-bond donors (Lipinski definition) is 3. The molecule has 0 spiro atoms. The largest absolute Gasteiger partial charge is 0.393 e. The third-order valence-corrected chi connectivity index (χ3v) is 3.95. The van der Waals surface area contributed by atoms with Crippen molar-refractivity contribution in [2.24, 2.45) is 0 Å². The fraction of sp³-hybridized carbons (Fsp3) is 0.500. The lowest BCUT2D eigenvalue weighted by molar-refractivity contribution is -0.115. The van der Waals surface area contributed by atoms with E-state index in [9.17, 15) is 14.6 Å². The molecule has 7 nitrogen and oxygen atoms in total. The molecule has 0 radical (unpaired) electrons. The van der Waals surface area contributed by atoms with Crippen LogP contribution in [0, 0.1) is 5.82 Å². The van der Waals surface area contributed by atoms with Gasteiger partial charge in [-0.1, -0.05) is 0 Å². The maximum Gasteiger partial charge on any atom is 0.226 e. The average Bonchev–Trinajstić information content (AvgIpc) is 2.89. The fourth-order valence-corrected chi connectivity index (χ4v) is 2.68. The third kappa shape index (κ3) is 2.15. The van der Waals surface area contributed by atoms with E-state index in [1.165, 1.54) is 10.8 Å². The molecule has 0 aromatic carbocycles. The number of nitrogens with two attached hydrogens (primary N) is 1. The SMILES string of the molecule is C[C@]1(CO)O[C@@H](n2cc(F)c3c(N)nc(Cl)nc32)C[C@@H]1O. The fourth-order valence-electron chi connectivity index (χ4n) is 2.51. The van der Waals surface area contributed by atoms with Crippen molar-refractivity contribution in [3.8, 4) is 0 Å². The molecule has 1 saturated heterocycles. The van der Waals surface area contributed by atoms with Gasteiger partial charge in [0, 0.05) is 12.6 Å². The van der Waals surface area contributed by atoms with Crippen molar-refractivity contribution in [3.63, 3.8) is 0 Å². The van der Waals surface area contributed by atoms with E-state index in [0.717, 1.165) is 0 Å². The summed E-state index contributed by atoms with van der Waals surface area (Å²) in [5.74, 6) is -0.667. The number of hydrogen-bond acceptors (Lipinski definition) is 6. The number of aromatic nitrogens is 3. The minimum atomic E-state index is -1.11. The molecule has 0 aliphatic carbocycles. The minimum absolute atomic E-state index is 0.0510. The Bertz CT molecular complexity index is 709. The molecular formula is C12H14ClFN4O3. The molecule has 9 heteroatoms. The number of ether oxygens (including phenoxy) is 1. The summed E-state index contributed by atoms with van der Waals surface area (Å²) in [6.07, 6.45) is -0.217. The molecule has 1 aliphatic heterocycles. The van der Waals surface area contributed by atoms with Gasteiger partial charge in [-0.2, -0.15) is 4.98 Å². The molecule has 1 fully saturated rings. The first kappa shape index (κ1) is 14.5. The number of anilines is 1. The second-order valence-electron chi connectivity index (χ2n) is 5.26. The Morgan fingerprint density at radius 1 is 1.62 bits per heavy atom. The lowest BCUT2D eigenvalue weighted by Gasteiger charge is -2.25. The lowest BCUT2D eigenvalue weighted by atomic mass is 10.0. The molecule has 0 saturated carbocycles. The van der Waals surface area contributed by atoms with E-state index in [2.05, 4.69) is 9.97 Å². The Kier molecular flexibility index (Phi) is 3.28. The van der Waals surface area contributed by atoms with Gasteiger partial charge in [-0.15, -0.1) is 0 Å². The summed E-state index contributed by atoms with van der Waals surface area (Å²) < 4.78 is 21.1. The summed E-state index contributed by atoms with van der Waals surface area (Å²) in [6, 6.07) is 0. The molecule has 2 aromatic heterocycles. The normalized spacial score (nSPS) is 29.4. The Morgan fingerprint density at radius 2 is 2.33 bits per heavy atom. The second kappa shape index (κ2) is 4.77. The highest BCUT2D eigenvalue weighted by molar-refractivity contribution is 6.28. The zero-order chi connectivity index (χ0) is 15.4. The first-order chi connectivity index (χ1) is 9.85. The highest BCUT2D eigenvalue weighted by Crippen LogP contribution is 2.39. The molecule has 0 amide bonds. The van der Waals surface area contributed by atoms with E-state index >= 15 is 0 Å². The predicted molar refractivity (Wildman–Crippen MR) is 73.1 cm³/mol. The summed E-state index contributed by atoms with van der Waals surface area (Å²) in [5, 5.41) is 19.3. The highest BCUT2D eigenvalue weighted by Gasteiger charge is 2.45. The summed E-state index contributed by atoms with van der Waals surface area (Å²) in [7, 11) is 0. The van der Waals surface area contributed by atoms with Crippen molar-refractivity contribution < 1.29 is 19.3 Å². The van der Waals surface area contributed by atoms with Crippen LogP contribution in [0.2, 0.25) is 5.28 Å². The molecule has 3 rings (SSSR count). The Hall–Kier alpha value is -1.48.